The van der Waals surface area contributed by atoms with E-state index in [1.807, 2.05) is 13.0 Å². The first kappa shape index (κ1) is 14.6. The maximum Gasteiger partial charge on any atom is 0.217 e. The van der Waals surface area contributed by atoms with Gasteiger partial charge in [0.05, 0.1) is 0 Å². The normalized spacial score (nSPS) is 10.6. The van der Waals surface area contributed by atoms with Crippen LogP contribution in [0.3, 0.4) is 0 Å². The lowest BCUT2D eigenvalue weighted by atomic mass is 10.1. The van der Waals surface area contributed by atoms with Gasteiger partial charge in [-0.05, 0) is 62.5 Å². The number of primary amides is 1. The highest BCUT2D eigenvalue weighted by Gasteiger charge is 2.00. The van der Waals surface area contributed by atoms with Crippen LogP contribution in [0.5, 0.6) is 0 Å². The summed E-state index contributed by atoms with van der Waals surface area (Å²) in [5.41, 5.74) is 7.21. The molecular formula is C14H21FN2O. The fraction of sp³-hybridized carbons (Fsp3) is 0.500. The molecule has 3 N–H and O–H groups in total. The average Bonchev–Trinajstić information content (AvgIpc) is 2.30. The highest BCUT2D eigenvalue weighted by molar-refractivity contribution is 5.73. The number of nitrogens with one attached hydrogen (secondary N) is 1. The Morgan fingerprint density at radius 2 is 2.11 bits per heavy atom. The van der Waals surface area contributed by atoms with Crippen molar-refractivity contribution >= 4 is 5.91 Å². The van der Waals surface area contributed by atoms with E-state index in [0.717, 1.165) is 37.9 Å². The zero-order valence-electron chi connectivity index (χ0n) is 10.8. The Labute approximate surface area is 108 Å². The minimum Gasteiger partial charge on any atom is -0.370 e. The molecule has 4 heteroatoms. The van der Waals surface area contributed by atoms with E-state index in [9.17, 15) is 9.18 Å². The van der Waals surface area contributed by atoms with Gasteiger partial charge in [-0.2, -0.15) is 0 Å². The molecule has 18 heavy (non-hydrogen) atoms. The number of nitrogens with two attached hydrogens (primary N) is 1. The van der Waals surface area contributed by atoms with Gasteiger partial charge in [-0.25, -0.2) is 4.39 Å². The number of carbonyl (C=O) groups excluding carboxylic acids is 1. The van der Waals surface area contributed by atoms with E-state index in [1.165, 1.54) is 11.6 Å². The van der Waals surface area contributed by atoms with Crippen molar-refractivity contribution in [3.05, 3.63) is 35.1 Å². The number of hydrogen-bond acceptors (Lipinski definition) is 2. The first-order valence-electron chi connectivity index (χ1n) is 6.33. The first-order chi connectivity index (χ1) is 8.59. The standard InChI is InChI=1S/C14H21FN2O/c1-11-10-13(15)6-5-12(11)7-9-17-8-3-2-4-14(16)18/h5-6,10,17H,2-4,7-9H2,1H3,(H2,16,18). The highest BCUT2D eigenvalue weighted by Crippen LogP contribution is 2.10. The minimum atomic E-state index is -0.239. The molecule has 0 saturated heterocycles. The fourth-order valence-electron chi connectivity index (χ4n) is 1.84. The number of rotatable bonds is 8. The van der Waals surface area contributed by atoms with Crippen LogP contribution < -0.4 is 11.1 Å². The van der Waals surface area contributed by atoms with Gasteiger partial charge in [-0.3, -0.25) is 4.79 Å². The van der Waals surface area contributed by atoms with E-state index in [0.29, 0.717) is 6.42 Å². The van der Waals surface area contributed by atoms with Crippen LogP contribution >= 0.6 is 0 Å². The fourth-order valence-corrected chi connectivity index (χ4v) is 1.84. The van der Waals surface area contributed by atoms with Crippen molar-refractivity contribution < 1.29 is 9.18 Å². The Bertz CT molecular complexity index is 393. The van der Waals surface area contributed by atoms with Crippen molar-refractivity contribution in [3.8, 4) is 0 Å². The molecule has 0 saturated carbocycles. The molecule has 100 valence electrons. The molecular weight excluding hydrogens is 231 g/mol. The van der Waals surface area contributed by atoms with Gasteiger partial charge < -0.3 is 11.1 Å². The SMILES string of the molecule is Cc1cc(F)ccc1CCNCCCCC(N)=O. The first-order valence-corrected chi connectivity index (χ1v) is 6.33. The molecule has 1 rings (SSSR count). The number of amides is 1. The van der Waals surface area contributed by atoms with Crippen molar-refractivity contribution in [1.82, 2.24) is 5.32 Å². The molecule has 0 radical (unpaired) electrons. The van der Waals surface area contributed by atoms with Crippen LogP contribution in [0.1, 0.15) is 30.4 Å². The van der Waals surface area contributed by atoms with E-state index in [1.54, 1.807) is 6.07 Å². The van der Waals surface area contributed by atoms with Crippen LogP contribution in [0, 0.1) is 12.7 Å². The maximum atomic E-state index is 12.9. The van der Waals surface area contributed by atoms with E-state index in [4.69, 9.17) is 5.73 Å². The number of aryl methyl sites for hydroxylation is 1. The van der Waals surface area contributed by atoms with Gasteiger partial charge in [0, 0.05) is 6.42 Å². The molecule has 1 aromatic rings. The average molecular weight is 252 g/mol. The monoisotopic (exact) mass is 252 g/mol. The summed E-state index contributed by atoms with van der Waals surface area (Å²) in [5, 5.41) is 3.30. The predicted molar refractivity (Wildman–Crippen MR) is 70.8 cm³/mol. The Balaban J connectivity index is 2.12. The molecule has 0 bridgehead atoms. The van der Waals surface area contributed by atoms with E-state index in [2.05, 4.69) is 5.32 Å². The quantitative estimate of drug-likeness (QED) is 0.694. The second-order valence-electron chi connectivity index (χ2n) is 4.49. The highest BCUT2D eigenvalue weighted by atomic mass is 19.1. The van der Waals surface area contributed by atoms with Crippen LogP contribution in [0.2, 0.25) is 0 Å². The molecule has 0 fully saturated rings. The van der Waals surface area contributed by atoms with Crippen LogP contribution in [-0.2, 0) is 11.2 Å². The van der Waals surface area contributed by atoms with Gasteiger partial charge in [0.15, 0.2) is 0 Å². The van der Waals surface area contributed by atoms with E-state index < -0.39 is 0 Å². The van der Waals surface area contributed by atoms with Crippen LogP contribution in [0.25, 0.3) is 0 Å². The Hall–Kier alpha value is -1.42. The molecule has 0 unspecified atom stereocenters. The van der Waals surface area contributed by atoms with E-state index in [-0.39, 0.29) is 11.7 Å². The lowest BCUT2D eigenvalue weighted by Crippen LogP contribution is -2.19. The number of unbranched alkanes of at least 4 members (excludes halogenated alkanes) is 1. The van der Waals surface area contributed by atoms with Gasteiger partial charge in [-0.1, -0.05) is 6.07 Å². The number of carbonyl (C=O) groups is 1. The molecule has 0 spiro atoms. The number of benzene rings is 1. The summed E-state index contributed by atoms with van der Waals surface area (Å²) in [5.74, 6) is -0.424. The number of hydrogen-bond donors (Lipinski definition) is 2. The molecule has 0 aliphatic carbocycles. The third kappa shape index (κ3) is 5.77. The molecule has 1 aromatic carbocycles. The Morgan fingerprint density at radius 3 is 2.78 bits per heavy atom. The molecule has 1 amide bonds. The van der Waals surface area contributed by atoms with E-state index >= 15 is 0 Å². The van der Waals surface area contributed by atoms with Crippen molar-refractivity contribution in [2.45, 2.75) is 32.6 Å². The third-order valence-corrected chi connectivity index (χ3v) is 2.90. The smallest absolute Gasteiger partial charge is 0.217 e. The van der Waals surface area contributed by atoms with Crippen molar-refractivity contribution in [2.24, 2.45) is 5.73 Å². The van der Waals surface area contributed by atoms with Crippen LogP contribution in [0.4, 0.5) is 4.39 Å². The summed E-state index contributed by atoms with van der Waals surface area (Å²) in [6.07, 6.45) is 3.13. The number of halogens is 1. The summed E-state index contributed by atoms with van der Waals surface area (Å²) >= 11 is 0. The zero-order chi connectivity index (χ0) is 13.4. The van der Waals surface area contributed by atoms with Gasteiger partial charge in [0.1, 0.15) is 5.82 Å². The summed E-state index contributed by atoms with van der Waals surface area (Å²) in [4.78, 5) is 10.5. The van der Waals surface area contributed by atoms with Crippen LogP contribution in [0.15, 0.2) is 18.2 Å². The zero-order valence-corrected chi connectivity index (χ0v) is 10.8. The van der Waals surface area contributed by atoms with Gasteiger partial charge in [0.2, 0.25) is 5.91 Å². The van der Waals surface area contributed by atoms with Crippen LogP contribution in [-0.4, -0.2) is 19.0 Å². The van der Waals surface area contributed by atoms with Crippen molar-refractivity contribution in [2.75, 3.05) is 13.1 Å². The molecule has 0 heterocycles. The minimum absolute atomic E-state index is 0.185. The van der Waals surface area contributed by atoms with Gasteiger partial charge >= 0.3 is 0 Å². The summed E-state index contributed by atoms with van der Waals surface area (Å²) in [6, 6.07) is 4.89. The summed E-state index contributed by atoms with van der Waals surface area (Å²) in [6.45, 7) is 3.67. The lowest BCUT2D eigenvalue weighted by molar-refractivity contribution is -0.118. The molecule has 0 aromatic heterocycles. The summed E-state index contributed by atoms with van der Waals surface area (Å²) < 4.78 is 12.9. The lowest BCUT2D eigenvalue weighted by Gasteiger charge is -2.07. The van der Waals surface area contributed by atoms with Crippen molar-refractivity contribution in [1.29, 1.82) is 0 Å². The molecule has 0 atom stereocenters. The predicted octanol–water partition coefficient (Wildman–Crippen LogP) is 1.92. The topological polar surface area (TPSA) is 55.1 Å². The second-order valence-corrected chi connectivity index (χ2v) is 4.49. The Kier molecular flexibility index (Phi) is 6.36. The largest absolute Gasteiger partial charge is 0.370 e. The molecule has 0 aliphatic heterocycles. The van der Waals surface area contributed by atoms with Crippen molar-refractivity contribution in [3.63, 3.8) is 0 Å². The maximum absolute atomic E-state index is 12.9. The molecule has 3 nitrogen and oxygen atoms in total. The summed E-state index contributed by atoms with van der Waals surface area (Å²) in [7, 11) is 0. The van der Waals surface area contributed by atoms with Gasteiger partial charge in [0.25, 0.3) is 0 Å². The Morgan fingerprint density at radius 1 is 1.33 bits per heavy atom. The third-order valence-electron chi connectivity index (χ3n) is 2.90. The second kappa shape index (κ2) is 7.82. The molecule has 0 aliphatic rings. The van der Waals surface area contributed by atoms with Gasteiger partial charge in [-0.15, -0.1) is 0 Å².